The Labute approximate surface area is 125 Å². The normalized spacial score (nSPS) is 21.1. The van der Waals surface area contributed by atoms with Crippen molar-refractivity contribution in [2.24, 2.45) is 0 Å². The first kappa shape index (κ1) is 14.4. The molecule has 2 aliphatic heterocycles. The van der Waals surface area contributed by atoms with Gasteiger partial charge in [-0.3, -0.25) is 4.79 Å². The Balaban J connectivity index is 1.38. The molecule has 1 aromatic carbocycles. The molecule has 1 unspecified atom stereocenters. The number of carbonyl (C=O) groups is 1. The Morgan fingerprint density at radius 1 is 1.43 bits per heavy atom. The molecule has 0 bridgehead atoms. The highest BCUT2D eigenvalue weighted by atomic mass is 16.5. The number of rotatable bonds is 5. The van der Waals surface area contributed by atoms with E-state index >= 15 is 0 Å². The van der Waals surface area contributed by atoms with E-state index in [9.17, 15) is 4.79 Å². The van der Waals surface area contributed by atoms with Gasteiger partial charge in [0.25, 0.3) is 0 Å². The van der Waals surface area contributed by atoms with E-state index in [1.165, 1.54) is 11.3 Å². The first-order valence-electron chi connectivity index (χ1n) is 7.76. The lowest BCUT2D eigenvalue weighted by Crippen LogP contribution is -2.51. The number of ether oxygens (including phenoxy) is 1. The quantitative estimate of drug-likeness (QED) is 0.777. The molecule has 0 radical (unpaired) electrons. The molecular formula is C16H23N3O2. The minimum atomic E-state index is -0.189. The number of carbonyl (C=O) groups excluding carboxylic acids is 1. The number of nitrogens with zero attached hydrogens (tertiary/aromatic N) is 1. The van der Waals surface area contributed by atoms with E-state index < -0.39 is 0 Å². The minimum Gasteiger partial charge on any atom is -0.378 e. The van der Waals surface area contributed by atoms with Crippen molar-refractivity contribution in [1.82, 2.24) is 10.6 Å². The van der Waals surface area contributed by atoms with Gasteiger partial charge in [-0.25, -0.2) is 0 Å². The van der Waals surface area contributed by atoms with Crippen molar-refractivity contribution in [3.05, 3.63) is 29.8 Å². The Bertz CT molecular complexity index is 486. The van der Waals surface area contributed by atoms with E-state index in [0.29, 0.717) is 13.2 Å². The largest absolute Gasteiger partial charge is 0.378 e. The lowest BCUT2D eigenvalue weighted by molar-refractivity contribution is -0.125. The van der Waals surface area contributed by atoms with E-state index in [-0.39, 0.29) is 11.9 Å². The molecule has 0 spiro atoms. The van der Waals surface area contributed by atoms with E-state index in [0.717, 1.165) is 39.0 Å². The van der Waals surface area contributed by atoms with Gasteiger partial charge in [-0.15, -0.1) is 0 Å². The van der Waals surface area contributed by atoms with Crippen molar-refractivity contribution in [2.45, 2.75) is 18.9 Å². The predicted molar refractivity (Wildman–Crippen MR) is 82.6 cm³/mol. The summed E-state index contributed by atoms with van der Waals surface area (Å²) in [6.07, 6.45) is 2.10. The van der Waals surface area contributed by atoms with Gasteiger partial charge in [-0.05, 0) is 24.5 Å². The SMILES string of the molecule is O=C(NCCCN1CCc2ccccc21)C1COCCN1. The third-order valence-corrected chi connectivity index (χ3v) is 4.13. The summed E-state index contributed by atoms with van der Waals surface area (Å²) < 4.78 is 5.30. The van der Waals surface area contributed by atoms with E-state index in [4.69, 9.17) is 4.74 Å². The number of hydrogen-bond acceptors (Lipinski definition) is 4. The number of benzene rings is 1. The van der Waals surface area contributed by atoms with Crippen molar-refractivity contribution in [3.8, 4) is 0 Å². The highest BCUT2D eigenvalue weighted by molar-refractivity contribution is 5.81. The maximum atomic E-state index is 11.9. The second-order valence-corrected chi connectivity index (χ2v) is 5.59. The third-order valence-electron chi connectivity index (χ3n) is 4.13. The summed E-state index contributed by atoms with van der Waals surface area (Å²) in [5, 5.41) is 6.16. The van der Waals surface area contributed by atoms with Crippen LogP contribution in [0.4, 0.5) is 5.69 Å². The van der Waals surface area contributed by atoms with Crippen LogP contribution in [0.5, 0.6) is 0 Å². The van der Waals surface area contributed by atoms with Gasteiger partial charge in [0, 0.05) is 31.9 Å². The highest BCUT2D eigenvalue weighted by Gasteiger charge is 2.21. The van der Waals surface area contributed by atoms with Gasteiger partial charge in [0.2, 0.25) is 5.91 Å². The fourth-order valence-corrected chi connectivity index (χ4v) is 2.98. The molecule has 1 saturated heterocycles. The van der Waals surface area contributed by atoms with Crippen molar-refractivity contribution in [3.63, 3.8) is 0 Å². The van der Waals surface area contributed by atoms with Gasteiger partial charge >= 0.3 is 0 Å². The summed E-state index contributed by atoms with van der Waals surface area (Å²) in [4.78, 5) is 14.3. The van der Waals surface area contributed by atoms with E-state index in [2.05, 4.69) is 39.8 Å². The molecule has 2 N–H and O–H groups in total. The average molecular weight is 289 g/mol. The molecule has 3 rings (SSSR count). The zero-order valence-electron chi connectivity index (χ0n) is 12.3. The number of anilines is 1. The molecule has 0 aromatic heterocycles. The van der Waals surface area contributed by atoms with Crippen LogP contribution in [0.15, 0.2) is 24.3 Å². The second kappa shape index (κ2) is 6.91. The molecule has 1 atom stereocenters. The molecule has 0 aliphatic carbocycles. The van der Waals surface area contributed by atoms with Gasteiger partial charge < -0.3 is 20.3 Å². The van der Waals surface area contributed by atoms with Crippen LogP contribution in [-0.2, 0) is 16.0 Å². The fourth-order valence-electron chi connectivity index (χ4n) is 2.98. The number of para-hydroxylation sites is 1. The molecule has 2 aliphatic rings. The minimum absolute atomic E-state index is 0.0523. The molecule has 1 aromatic rings. The van der Waals surface area contributed by atoms with Crippen LogP contribution in [0, 0.1) is 0 Å². The lowest BCUT2D eigenvalue weighted by Gasteiger charge is -2.23. The van der Waals surface area contributed by atoms with E-state index in [1.54, 1.807) is 0 Å². The number of nitrogens with one attached hydrogen (secondary N) is 2. The number of morpholine rings is 1. The van der Waals surface area contributed by atoms with Gasteiger partial charge in [0.15, 0.2) is 0 Å². The number of amides is 1. The Morgan fingerprint density at radius 3 is 3.19 bits per heavy atom. The maximum Gasteiger partial charge on any atom is 0.239 e. The molecule has 1 amide bonds. The van der Waals surface area contributed by atoms with Crippen LogP contribution in [0.25, 0.3) is 0 Å². The van der Waals surface area contributed by atoms with E-state index in [1.807, 2.05) is 0 Å². The zero-order chi connectivity index (χ0) is 14.5. The molecule has 1 fully saturated rings. The van der Waals surface area contributed by atoms with Crippen molar-refractivity contribution in [1.29, 1.82) is 0 Å². The monoisotopic (exact) mass is 289 g/mol. The standard InChI is InChI=1S/C16H23N3O2/c20-16(14-12-21-11-8-17-14)18-7-3-9-19-10-6-13-4-1-2-5-15(13)19/h1-2,4-5,14,17H,3,6-12H2,(H,18,20). The van der Waals surface area contributed by atoms with Crippen LogP contribution in [-0.4, -0.2) is 51.3 Å². The van der Waals surface area contributed by atoms with Crippen LogP contribution >= 0.6 is 0 Å². The first-order valence-corrected chi connectivity index (χ1v) is 7.76. The molecule has 2 heterocycles. The summed E-state index contributed by atoms with van der Waals surface area (Å²) in [7, 11) is 0. The Kier molecular flexibility index (Phi) is 4.72. The summed E-state index contributed by atoms with van der Waals surface area (Å²) in [6, 6.07) is 8.39. The summed E-state index contributed by atoms with van der Waals surface area (Å²) >= 11 is 0. The predicted octanol–water partition coefficient (Wildman–Crippen LogP) is 0.544. The Morgan fingerprint density at radius 2 is 2.33 bits per heavy atom. The fraction of sp³-hybridized carbons (Fsp3) is 0.562. The number of fused-ring (bicyclic) bond motifs is 1. The molecule has 5 heteroatoms. The first-order chi connectivity index (χ1) is 10.3. The number of hydrogen-bond donors (Lipinski definition) is 2. The lowest BCUT2D eigenvalue weighted by atomic mass is 10.2. The van der Waals surface area contributed by atoms with Crippen molar-refractivity contribution >= 4 is 11.6 Å². The van der Waals surface area contributed by atoms with Gasteiger partial charge in [0.1, 0.15) is 6.04 Å². The molecule has 21 heavy (non-hydrogen) atoms. The zero-order valence-corrected chi connectivity index (χ0v) is 12.3. The van der Waals surface area contributed by atoms with Crippen LogP contribution in [0.1, 0.15) is 12.0 Å². The van der Waals surface area contributed by atoms with Gasteiger partial charge in [-0.1, -0.05) is 18.2 Å². The average Bonchev–Trinajstić information content (AvgIpc) is 2.95. The summed E-state index contributed by atoms with van der Waals surface area (Å²) in [5.41, 5.74) is 2.79. The topological polar surface area (TPSA) is 53.6 Å². The smallest absolute Gasteiger partial charge is 0.239 e. The second-order valence-electron chi connectivity index (χ2n) is 5.59. The molecular weight excluding hydrogens is 266 g/mol. The van der Waals surface area contributed by atoms with Crippen molar-refractivity contribution in [2.75, 3.05) is 44.3 Å². The molecule has 0 saturated carbocycles. The van der Waals surface area contributed by atoms with Crippen LogP contribution in [0.3, 0.4) is 0 Å². The highest BCUT2D eigenvalue weighted by Crippen LogP contribution is 2.27. The maximum absolute atomic E-state index is 11.9. The van der Waals surface area contributed by atoms with Crippen LogP contribution < -0.4 is 15.5 Å². The Hall–Kier alpha value is -1.59. The third kappa shape index (κ3) is 3.54. The van der Waals surface area contributed by atoms with Crippen LogP contribution in [0.2, 0.25) is 0 Å². The van der Waals surface area contributed by atoms with Gasteiger partial charge in [0.05, 0.1) is 13.2 Å². The molecule has 5 nitrogen and oxygen atoms in total. The summed E-state index contributed by atoms with van der Waals surface area (Å²) in [5.74, 6) is 0.0523. The summed E-state index contributed by atoms with van der Waals surface area (Å²) in [6.45, 7) is 4.72. The van der Waals surface area contributed by atoms with Crippen molar-refractivity contribution < 1.29 is 9.53 Å². The molecule has 114 valence electrons. The van der Waals surface area contributed by atoms with Gasteiger partial charge in [-0.2, -0.15) is 0 Å².